The van der Waals surface area contributed by atoms with Gasteiger partial charge in [0.15, 0.2) is 0 Å². The number of carbonyl (C=O) groups excluding carboxylic acids is 1. The lowest BCUT2D eigenvalue weighted by Gasteiger charge is -2.09. The molecule has 0 radical (unpaired) electrons. The molecule has 0 unspecified atom stereocenters. The number of hydrogen-bond donors (Lipinski definition) is 2. The predicted octanol–water partition coefficient (Wildman–Crippen LogP) is 3.57. The van der Waals surface area contributed by atoms with Crippen LogP contribution in [0.1, 0.15) is 21.5 Å². The zero-order valence-electron chi connectivity index (χ0n) is 13.9. The Kier molecular flexibility index (Phi) is 4.56. The van der Waals surface area contributed by atoms with Crippen LogP contribution in [0, 0.1) is 12.7 Å². The third-order valence-corrected chi connectivity index (χ3v) is 3.85. The van der Waals surface area contributed by atoms with Crippen molar-refractivity contribution in [3.8, 4) is 5.69 Å². The molecule has 0 atom stereocenters. The number of nitrogens with two attached hydrogens (primary N) is 1. The van der Waals surface area contributed by atoms with E-state index in [0.29, 0.717) is 17.4 Å². The highest BCUT2D eigenvalue weighted by atomic mass is 19.4. The molecule has 0 spiro atoms. The topological polar surface area (TPSA) is 85.8 Å². The number of benzene rings is 1. The summed E-state index contributed by atoms with van der Waals surface area (Å²) < 4.78 is 52.5. The van der Waals surface area contributed by atoms with Crippen LogP contribution >= 0.6 is 0 Å². The quantitative estimate of drug-likeness (QED) is 0.682. The minimum atomic E-state index is -4.52. The number of hydrogen-bond acceptors (Lipinski definition) is 4. The van der Waals surface area contributed by atoms with Gasteiger partial charge in [0.2, 0.25) is 0 Å². The molecule has 0 fully saturated rings. The highest BCUT2D eigenvalue weighted by Crippen LogP contribution is 2.29. The summed E-state index contributed by atoms with van der Waals surface area (Å²) in [5.74, 6) is -1.29. The number of nitrogens with zero attached hydrogens (tertiary/aromatic N) is 3. The Bertz CT molecular complexity index is 996. The lowest BCUT2D eigenvalue weighted by Crippen LogP contribution is -2.15. The van der Waals surface area contributed by atoms with Crippen molar-refractivity contribution in [3.63, 3.8) is 0 Å². The fourth-order valence-corrected chi connectivity index (χ4v) is 2.37. The molecule has 3 aromatic rings. The molecule has 140 valence electrons. The maximum absolute atomic E-state index is 13.7. The Morgan fingerprint density at radius 2 is 1.93 bits per heavy atom. The zero-order chi connectivity index (χ0) is 19.8. The first kappa shape index (κ1) is 18.4. The van der Waals surface area contributed by atoms with E-state index in [9.17, 15) is 22.4 Å². The van der Waals surface area contributed by atoms with Crippen LogP contribution in [-0.4, -0.2) is 20.7 Å². The zero-order valence-corrected chi connectivity index (χ0v) is 13.9. The molecule has 0 aliphatic rings. The van der Waals surface area contributed by atoms with Crippen molar-refractivity contribution in [2.75, 3.05) is 11.1 Å². The number of pyridine rings is 1. The summed E-state index contributed by atoms with van der Waals surface area (Å²) in [6.07, 6.45) is -2.73. The van der Waals surface area contributed by atoms with Gasteiger partial charge in [-0.15, -0.1) is 0 Å². The van der Waals surface area contributed by atoms with Crippen molar-refractivity contribution >= 4 is 17.5 Å². The normalized spacial score (nSPS) is 11.4. The molecule has 3 rings (SSSR count). The summed E-state index contributed by atoms with van der Waals surface area (Å²) >= 11 is 0. The smallest absolute Gasteiger partial charge is 0.383 e. The molecule has 3 N–H and O–H groups in total. The SMILES string of the molecule is Cc1c(F)cccc1-n1ncc(C(=O)Nc2ccc(C(F)(F)F)cn2)c1N. The number of anilines is 2. The van der Waals surface area contributed by atoms with Crippen LogP contribution in [0.25, 0.3) is 5.69 Å². The maximum atomic E-state index is 13.7. The van der Waals surface area contributed by atoms with E-state index < -0.39 is 23.5 Å². The van der Waals surface area contributed by atoms with Gasteiger partial charge in [-0.2, -0.15) is 18.3 Å². The van der Waals surface area contributed by atoms with Crippen molar-refractivity contribution < 1.29 is 22.4 Å². The van der Waals surface area contributed by atoms with Gasteiger partial charge < -0.3 is 11.1 Å². The van der Waals surface area contributed by atoms with Crippen LogP contribution in [0.5, 0.6) is 0 Å². The van der Waals surface area contributed by atoms with E-state index >= 15 is 0 Å². The van der Waals surface area contributed by atoms with Crippen LogP contribution in [0.2, 0.25) is 0 Å². The van der Waals surface area contributed by atoms with Crippen LogP contribution in [0.3, 0.4) is 0 Å². The van der Waals surface area contributed by atoms with E-state index in [1.165, 1.54) is 29.9 Å². The van der Waals surface area contributed by atoms with Gasteiger partial charge in [-0.3, -0.25) is 4.79 Å². The minimum Gasteiger partial charge on any atom is -0.383 e. The van der Waals surface area contributed by atoms with Crippen molar-refractivity contribution in [1.82, 2.24) is 14.8 Å². The molecule has 0 aliphatic carbocycles. The van der Waals surface area contributed by atoms with Crippen LogP contribution in [0.15, 0.2) is 42.7 Å². The monoisotopic (exact) mass is 379 g/mol. The maximum Gasteiger partial charge on any atom is 0.417 e. The van der Waals surface area contributed by atoms with E-state index in [1.807, 2.05) is 0 Å². The lowest BCUT2D eigenvalue weighted by atomic mass is 10.2. The molecular formula is C17H13F4N5O. The second-order valence-corrected chi connectivity index (χ2v) is 5.62. The summed E-state index contributed by atoms with van der Waals surface area (Å²) in [4.78, 5) is 15.9. The standard InChI is InChI=1S/C17H13F4N5O/c1-9-12(18)3-2-4-13(9)26-15(22)11(8-24-26)16(27)25-14-6-5-10(7-23-14)17(19,20)21/h2-8H,22H2,1H3,(H,23,25,27). The average Bonchev–Trinajstić information content (AvgIpc) is 2.98. The first-order valence-corrected chi connectivity index (χ1v) is 7.62. The Hall–Kier alpha value is -3.43. The van der Waals surface area contributed by atoms with Gasteiger partial charge in [0.1, 0.15) is 23.0 Å². The average molecular weight is 379 g/mol. The van der Waals surface area contributed by atoms with Crippen LogP contribution in [-0.2, 0) is 6.18 Å². The van der Waals surface area contributed by atoms with Crippen molar-refractivity contribution in [1.29, 1.82) is 0 Å². The Balaban J connectivity index is 1.84. The van der Waals surface area contributed by atoms with E-state index in [-0.39, 0.29) is 17.2 Å². The van der Waals surface area contributed by atoms with Crippen molar-refractivity contribution in [2.24, 2.45) is 0 Å². The van der Waals surface area contributed by atoms with E-state index in [0.717, 1.165) is 12.1 Å². The number of aromatic nitrogens is 3. The van der Waals surface area contributed by atoms with E-state index in [4.69, 9.17) is 5.73 Å². The first-order valence-electron chi connectivity index (χ1n) is 7.62. The third kappa shape index (κ3) is 3.59. The summed E-state index contributed by atoms with van der Waals surface area (Å²) in [5, 5.41) is 6.34. The Morgan fingerprint density at radius 3 is 2.56 bits per heavy atom. The van der Waals surface area contributed by atoms with Crippen LogP contribution in [0.4, 0.5) is 29.2 Å². The number of nitrogens with one attached hydrogen (secondary N) is 1. The molecule has 2 aromatic heterocycles. The fraction of sp³-hybridized carbons (Fsp3) is 0.118. The highest BCUT2D eigenvalue weighted by molar-refractivity contribution is 6.06. The minimum absolute atomic E-state index is 0.0274. The Morgan fingerprint density at radius 1 is 1.19 bits per heavy atom. The second-order valence-electron chi connectivity index (χ2n) is 5.62. The van der Waals surface area contributed by atoms with Crippen LogP contribution < -0.4 is 11.1 Å². The molecule has 0 saturated heterocycles. The van der Waals surface area contributed by atoms with Gasteiger partial charge in [-0.05, 0) is 31.2 Å². The van der Waals surface area contributed by atoms with Crippen molar-refractivity contribution in [2.45, 2.75) is 13.1 Å². The number of carbonyl (C=O) groups is 1. The summed E-state index contributed by atoms with van der Waals surface area (Å²) in [7, 11) is 0. The van der Waals surface area contributed by atoms with Gasteiger partial charge >= 0.3 is 6.18 Å². The van der Waals surface area contributed by atoms with Crippen molar-refractivity contribution in [3.05, 3.63) is 65.2 Å². The third-order valence-electron chi connectivity index (χ3n) is 3.85. The van der Waals surface area contributed by atoms with E-state index in [2.05, 4.69) is 15.4 Å². The van der Waals surface area contributed by atoms with Gasteiger partial charge in [-0.1, -0.05) is 6.07 Å². The molecular weight excluding hydrogens is 366 g/mol. The summed E-state index contributed by atoms with van der Waals surface area (Å²) in [6, 6.07) is 6.16. The molecule has 0 saturated carbocycles. The molecule has 2 heterocycles. The number of rotatable bonds is 3. The van der Waals surface area contributed by atoms with Gasteiger partial charge in [-0.25, -0.2) is 14.1 Å². The predicted molar refractivity (Wildman–Crippen MR) is 89.9 cm³/mol. The van der Waals surface area contributed by atoms with E-state index in [1.54, 1.807) is 6.07 Å². The molecule has 27 heavy (non-hydrogen) atoms. The number of amides is 1. The molecule has 1 aromatic carbocycles. The molecule has 0 aliphatic heterocycles. The first-order chi connectivity index (χ1) is 12.7. The molecule has 1 amide bonds. The summed E-state index contributed by atoms with van der Waals surface area (Å²) in [6.45, 7) is 1.54. The lowest BCUT2D eigenvalue weighted by molar-refractivity contribution is -0.137. The molecule has 6 nitrogen and oxygen atoms in total. The number of nitrogen functional groups attached to an aromatic ring is 1. The summed E-state index contributed by atoms with van der Waals surface area (Å²) in [5.41, 5.74) is 5.63. The fourth-order valence-electron chi connectivity index (χ4n) is 2.37. The van der Waals surface area contributed by atoms with Gasteiger partial charge in [0, 0.05) is 11.8 Å². The largest absolute Gasteiger partial charge is 0.417 e. The Labute approximate surface area is 150 Å². The number of halogens is 4. The molecule has 0 bridgehead atoms. The van der Waals surface area contributed by atoms with Gasteiger partial charge in [0.25, 0.3) is 5.91 Å². The number of alkyl halides is 3. The molecule has 10 heteroatoms. The highest BCUT2D eigenvalue weighted by Gasteiger charge is 2.30. The second kappa shape index (κ2) is 6.71. The van der Waals surface area contributed by atoms with Gasteiger partial charge in [0.05, 0.1) is 17.4 Å².